The zero-order valence-electron chi connectivity index (χ0n) is 13.7. The topological polar surface area (TPSA) is 23.6 Å². The Hall–Kier alpha value is -2.13. The van der Waals surface area contributed by atoms with Gasteiger partial charge >= 0.3 is 0 Å². The van der Waals surface area contributed by atoms with E-state index in [0.29, 0.717) is 0 Å². The first-order valence-electron chi connectivity index (χ1n) is 8.44. The molecule has 0 atom stereocenters. The number of fused-ring (bicyclic) bond motifs is 1. The summed E-state index contributed by atoms with van der Waals surface area (Å²) in [6.45, 7) is 6.98. The molecule has 0 aliphatic carbocycles. The molecule has 0 bridgehead atoms. The summed E-state index contributed by atoms with van der Waals surface area (Å²) >= 11 is 0. The molecule has 0 unspecified atom stereocenters. The molecule has 3 heteroatoms. The van der Waals surface area contributed by atoms with Gasteiger partial charge in [0, 0.05) is 32.3 Å². The molecular formula is C20H24N2O. The molecule has 3 nitrogen and oxygen atoms in total. The van der Waals surface area contributed by atoms with Gasteiger partial charge in [-0.2, -0.15) is 0 Å². The first-order chi connectivity index (χ1) is 11.3. The van der Waals surface area contributed by atoms with Gasteiger partial charge < -0.3 is 4.90 Å². The van der Waals surface area contributed by atoms with Crippen LogP contribution in [0, 0.1) is 0 Å². The summed E-state index contributed by atoms with van der Waals surface area (Å²) in [6.07, 6.45) is 4.81. The minimum Gasteiger partial charge on any atom is -0.337 e. The van der Waals surface area contributed by atoms with Crippen molar-refractivity contribution in [1.82, 2.24) is 9.80 Å². The van der Waals surface area contributed by atoms with Gasteiger partial charge in [-0.25, -0.2) is 0 Å². The fraction of sp³-hybridized carbons (Fsp3) is 0.350. The molecule has 1 saturated heterocycles. The highest BCUT2D eigenvalue weighted by Gasteiger charge is 2.18. The van der Waals surface area contributed by atoms with Crippen molar-refractivity contribution < 1.29 is 4.79 Å². The van der Waals surface area contributed by atoms with Gasteiger partial charge in [0.05, 0.1) is 0 Å². The molecule has 23 heavy (non-hydrogen) atoms. The molecule has 1 heterocycles. The third-order valence-electron chi connectivity index (χ3n) is 4.42. The van der Waals surface area contributed by atoms with Gasteiger partial charge in [0.2, 0.25) is 5.91 Å². The van der Waals surface area contributed by atoms with Crippen molar-refractivity contribution in [3.63, 3.8) is 0 Å². The number of carbonyl (C=O) groups is 1. The summed E-state index contributed by atoms with van der Waals surface area (Å²) in [5, 5.41) is 2.43. The van der Waals surface area contributed by atoms with Crippen LogP contribution >= 0.6 is 0 Å². The Bertz CT molecular complexity index is 700. The van der Waals surface area contributed by atoms with E-state index in [1.807, 2.05) is 23.1 Å². The Balaban J connectivity index is 1.61. The maximum Gasteiger partial charge on any atom is 0.246 e. The number of piperazine rings is 1. The molecule has 1 amide bonds. The van der Waals surface area contributed by atoms with E-state index in [-0.39, 0.29) is 5.91 Å². The Morgan fingerprint density at radius 1 is 1.04 bits per heavy atom. The van der Waals surface area contributed by atoms with Gasteiger partial charge in [-0.1, -0.05) is 43.3 Å². The first kappa shape index (κ1) is 15.8. The highest BCUT2D eigenvalue weighted by Crippen LogP contribution is 2.16. The standard InChI is InChI=1S/C20H24N2O/c1-2-11-21-12-14-22(15-13-21)20(23)10-8-17-7-9-18-5-3-4-6-19(18)16-17/h3-10,16H,2,11-15H2,1H3/b10-8+. The van der Waals surface area contributed by atoms with E-state index >= 15 is 0 Å². The maximum absolute atomic E-state index is 12.3. The van der Waals surface area contributed by atoms with Crippen molar-refractivity contribution in [3.05, 3.63) is 54.1 Å². The summed E-state index contributed by atoms with van der Waals surface area (Å²) < 4.78 is 0. The van der Waals surface area contributed by atoms with Crippen LogP contribution < -0.4 is 0 Å². The number of nitrogens with zero attached hydrogens (tertiary/aromatic N) is 2. The number of hydrogen-bond acceptors (Lipinski definition) is 2. The molecule has 0 spiro atoms. The second-order valence-electron chi connectivity index (χ2n) is 6.11. The van der Waals surface area contributed by atoms with Gasteiger partial charge in [0.15, 0.2) is 0 Å². The van der Waals surface area contributed by atoms with E-state index in [0.717, 1.165) is 38.3 Å². The van der Waals surface area contributed by atoms with Gasteiger partial charge in [-0.15, -0.1) is 0 Å². The highest BCUT2D eigenvalue weighted by molar-refractivity contribution is 5.93. The predicted molar refractivity (Wildman–Crippen MR) is 96.3 cm³/mol. The van der Waals surface area contributed by atoms with Crippen molar-refractivity contribution in [3.8, 4) is 0 Å². The van der Waals surface area contributed by atoms with Crippen LogP contribution in [0.25, 0.3) is 16.8 Å². The second-order valence-corrected chi connectivity index (χ2v) is 6.11. The average molecular weight is 308 g/mol. The van der Waals surface area contributed by atoms with E-state index in [4.69, 9.17) is 0 Å². The summed E-state index contributed by atoms with van der Waals surface area (Å²) in [7, 11) is 0. The van der Waals surface area contributed by atoms with Crippen molar-refractivity contribution in [2.75, 3.05) is 32.7 Å². The average Bonchev–Trinajstić information content (AvgIpc) is 2.60. The van der Waals surface area contributed by atoms with E-state index in [2.05, 4.69) is 42.2 Å². The van der Waals surface area contributed by atoms with Crippen LogP contribution in [0.2, 0.25) is 0 Å². The zero-order valence-corrected chi connectivity index (χ0v) is 13.7. The molecule has 120 valence electrons. The number of carbonyl (C=O) groups excluding carboxylic acids is 1. The lowest BCUT2D eigenvalue weighted by molar-refractivity contribution is -0.127. The predicted octanol–water partition coefficient (Wildman–Crippen LogP) is 3.41. The number of benzene rings is 2. The van der Waals surface area contributed by atoms with Crippen LogP contribution in [0.1, 0.15) is 18.9 Å². The zero-order chi connectivity index (χ0) is 16.1. The van der Waals surface area contributed by atoms with Crippen molar-refractivity contribution in [2.24, 2.45) is 0 Å². The molecule has 0 N–H and O–H groups in total. The van der Waals surface area contributed by atoms with Crippen molar-refractivity contribution in [2.45, 2.75) is 13.3 Å². The van der Waals surface area contributed by atoms with Crippen LogP contribution in [0.4, 0.5) is 0 Å². The molecule has 1 aliphatic heterocycles. The quantitative estimate of drug-likeness (QED) is 0.808. The molecule has 3 rings (SSSR count). The molecule has 0 radical (unpaired) electrons. The van der Waals surface area contributed by atoms with Crippen LogP contribution in [0.15, 0.2) is 48.5 Å². The highest BCUT2D eigenvalue weighted by atomic mass is 16.2. The Morgan fingerprint density at radius 3 is 2.52 bits per heavy atom. The second kappa shape index (κ2) is 7.42. The molecule has 2 aromatic carbocycles. The molecular weight excluding hydrogens is 284 g/mol. The molecule has 0 aromatic heterocycles. The van der Waals surface area contributed by atoms with Gasteiger partial charge in [0.25, 0.3) is 0 Å². The van der Waals surface area contributed by atoms with E-state index in [9.17, 15) is 4.79 Å². The van der Waals surface area contributed by atoms with Crippen LogP contribution in [-0.2, 0) is 4.79 Å². The number of amides is 1. The molecule has 1 aliphatic rings. The van der Waals surface area contributed by atoms with Gasteiger partial charge in [-0.05, 0) is 41.4 Å². The smallest absolute Gasteiger partial charge is 0.246 e. The fourth-order valence-electron chi connectivity index (χ4n) is 3.09. The lowest BCUT2D eigenvalue weighted by atomic mass is 10.1. The third-order valence-corrected chi connectivity index (χ3v) is 4.42. The largest absolute Gasteiger partial charge is 0.337 e. The Morgan fingerprint density at radius 2 is 1.78 bits per heavy atom. The summed E-state index contributed by atoms with van der Waals surface area (Å²) in [5.41, 5.74) is 1.07. The Kier molecular flexibility index (Phi) is 5.09. The molecule has 0 saturated carbocycles. The van der Waals surface area contributed by atoms with Crippen LogP contribution in [0.3, 0.4) is 0 Å². The minimum atomic E-state index is 0.120. The number of hydrogen-bond donors (Lipinski definition) is 0. The number of rotatable bonds is 4. The molecule has 1 fully saturated rings. The van der Waals surface area contributed by atoms with Gasteiger partial charge in [0.1, 0.15) is 0 Å². The normalized spacial score (nSPS) is 16.3. The molecule has 2 aromatic rings. The van der Waals surface area contributed by atoms with E-state index in [1.165, 1.54) is 17.2 Å². The summed E-state index contributed by atoms with van der Waals surface area (Å²) in [5.74, 6) is 0.120. The maximum atomic E-state index is 12.3. The first-order valence-corrected chi connectivity index (χ1v) is 8.44. The third kappa shape index (κ3) is 3.99. The van der Waals surface area contributed by atoms with Crippen LogP contribution in [-0.4, -0.2) is 48.4 Å². The summed E-state index contributed by atoms with van der Waals surface area (Å²) in [4.78, 5) is 16.7. The lowest BCUT2D eigenvalue weighted by Crippen LogP contribution is -2.48. The van der Waals surface area contributed by atoms with E-state index < -0.39 is 0 Å². The van der Waals surface area contributed by atoms with E-state index in [1.54, 1.807) is 6.08 Å². The van der Waals surface area contributed by atoms with Crippen molar-refractivity contribution >= 4 is 22.8 Å². The van der Waals surface area contributed by atoms with Crippen LogP contribution in [0.5, 0.6) is 0 Å². The SMILES string of the molecule is CCCN1CCN(C(=O)/C=C/c2ccc3ccccc3c2)CC1. The lowest BCUT2D eigenvalue weighted by Gasteiger charge is -2.34. The van der Waals surface area contributed by atoms with Gasteiger partial charge in [-0.3, -0.25) is 9.69 Å². The summed E-state index contributed by atoms with van der Waals surface area (Å²) in [6, 6.07) is 14.6. The van der Waals surface area contributed by atoms with Crippen molar-refractivity contribution in [1.29, 1.82) is 0 Å². The monoisotopic (exact) mass is 308 g/mol. The Labute approximate surface area is 138 Å². The minimum absolute atomic E-state index is 0.120. The fourth-order valence-corrected chi connectivity index (χ4v) is 3.09.